The molecule has 9 nitrogen and oxygen atoms in total. The number of para-hydroxylation sites is 1. The fraction of sp³-hybridized carbons (Fsp3) is 0.360. The number of hydrogen-bond acceptors (Lipinski definition) is 9. The van der Waals surface area contributed by atoms with Crippen molar-refractivity contribution in [1.29, 1.82) is 0 Å². The Kier molecular flexibility index (Phi) is 8.25. The molecule has 0 fully saturated rings. The molecular weight excluding hydrogens is 461 g/mol. The molecule has 188 valence electrons. The van der Waals surface area contributed by atoms with Gasteiger partial charge in [0.15, 0.2) is 0 Å². The van der Waals surface area contributed by atoms with Crippen molar-refractivity contribution in [3.05, 3.63) is 48.2 Å². The van der Waals surface area contributed by atoms with Crippen molar-refractivity contribution in [3.8, 4) is 5.75 Å². The molecule has 3 aromatic rings. The maximum Gasteiger partial charge on any atom is 0.229 e. The topological polar surface area (TPSA) is 109 Å². The standard InChI is InChI=1S/C25H36N7O2P/c1-17-16-27-25(30-24(17)28-19-10-8-9-11-23(19)35(6,7)33)29-20-14-18(26)21(15-22(20)34-5)32(4)13-12-31(2)3/h8-11,14-16H,12-13,26H2,1-7H3,(H2,27,28,29,30). The lowest BCUT2D eigenvalue weighted by atomic mass is 10.2. The van der Waals surface area contributed by atoms with Gasteiger partial charge in [0.05, 0.1) is 29.9 Å². The van der Waals surface area contributed by atoms with Gasteiger partial charge in [-0.1, -0.05) is 12.1 Å². The Morgan fingerprint density at radius 2 is 1.77 bits per heavy atom. The summed E-state index contributed by atoms with van der Waals surface area (Å²) in [6.07, 6.45) is 1.73. The number of anilines is 6. The molecular formula is C25H36N7O2P. The Morgan fingerprint density at radius 1 is 1.06 bits per heavy atom. The third-order valence-corrected chi connectivity index (χ3v) is 7.15. The van der Waals surface area contributed by atoms with Crippen LogP contribution in [0.1, 0.15) is 5.56 Å². The molecule has 0 atom stereocenters. The van der Waals surface area contributed by atoms with Crippen LogP contribution in [0.2, 0.25) is 0 Å². The van der Waals surface area contributed by atoms with E-state index in [4.69, 9.17) is 10.5 Å². The Balaban J connectivity index is 1.89. The van der Waals surface area contributed by atoms with Crippen molar-refractivity contribution in [1.82, 2.24) is 14.9 Å². The summed E-state index contributed by atoms with van der Waals surface area (Å²) in [5.41, 5.74) is 10.2. The van der Waals surface area contributed by atoms with Crippen molar-refractivity contribution >= 4 is 47.0 Å². The van der Waals surface area contributed by atoms with Crippen molar-refractivity contribution < 1.29 is 9.30 Å². The first-order valence-electron chi connectivity index (χ1n) is 11.3. The number of ether oxygens (including phenoxy) is 1. The molecule has 0 saturated carbocycles. The van der Waals surface area contributed by atoms with Crippen molar-refractivity contribution in [2.45, 2.75) is 6.92 Å². The highest BCUT2D eigenvalue weighted by Gasteiger charge is 2.17. The second-order valence-electron chi connectivity index (χ2n) is 9.18. The van der Waals surface area contributed by atoms with Crippen LogP contribution in [0, 0.1) is 6.92 Å². The number of nitrogens with zero attached hydrogens (tertiary/aromatic N) is 4. The molecule has 0 amide bonds. The molecule has 35 heavy (non-hydrogen) atoms. The van der Waals surface area contributed by atoms with Crippen LogP contribution >= 0.6 is 7.14 Å². The van der Waals surface area contributed by atoms with Crippen molar-refractivity contribution in [2.24, 2.45) is 0 Å². The summed E-state index contributed by atoms with van der Waals surface area (Å²) in [6, 6.07) is 11.3. The molecule has 0 aliphatic rings. The summed E-state index contributed by atoms with van der Waals surface area (Å²) in [4.78, 5) is 13.3. The molecule has 1 aromatic heterocycles. The molecule has 2 aromatic carbocycles. The summed E-state index contributed by atoms with van der Waals surface area (Å²) >= 11 is 0. The average molecular weight is 498 g/mol. The lowest BCUT2D eigenvalue weighted by Gasteiger charge is -2.24. The maximum absolute atomic E-state index is 12.8. The Labute approximate surface area is 208 Å². The summed E-state index contributed by atoms with van der Waals surface area (Å²) in [5, 5.41) is 7.33. The van der Waals surface area contributed by atoms with E-state index in [-0.39, 0.29) is 0 Å². The van der Waals surface area contributed by atoms with Crippen LogP contribution < -0.4 is 31.3 Å². The number of methoxy groups -OCH3 is 1. The molecule has 0 bridgehead atoms. The lowest BCUT2D eigenvalue weighted by Crippen LogP contribution is -2.29. The molecule has 0 aliphatic carbocycles. The largest absolute Gasteiger partial charge is 0.494 e. The Morgan fingerprint density at radius 3 is 2.43 bits per heavy atom. The SMILES string of the molecule is COc1cc(N(C)CCN(C)C)c(N)cc1Nc1ncc(C)c(Nc2ccccc2P(C)(C)=O)n1. The van der Waals surface area contributed by atoms with Gasteiger partial charge in [-0.2, -0.15) is 4.98 Å². The second-order valence-corrected chi connectivity index (χ2v) is 12.4. The summed E-state index contributed by atoms with van der Waals surface area (Å²) in [5.74, 6) is 1.64. The molecule has 1 heterocycles. The van der Waals surface area contributed by atoms with E-state index in [0.29, 0.717) is 28.9 Å². The van der Waals surface area contributed by atoms with Crippen LogP contribution in [0.4, 0.5) is 34.5 Å². The highest BCUT2D eigenvalue weighted by Crippen LogP contribution is 2.39. The van der Waals surface area contributed by atoms with E-state index in [9.17, 15) is 4.57 Å². The number of nitrogens with one attached hydrogen (secondary N) is 2. The molecule has 0 aliphatic heterocycles. The predicted octanol–water partition coefficient (Wildman–Crippen LogP) is 4.11. The van der Waals surface area contributed by atoms with E-state index in [1.165, 1.54) is 0 Å². The smallest absolute Gasteiger partial charge is 0.229 e. The highest BCUT2D eigenvalue weighted by atomic mass is 31.2. The molecule has 0 saturated heterocycles. The molecule has 4 N–H and O–H groups in total. The molecule has 3 rings (SSSR count). The van der Waals surface area contributed by atoms with E-state index < -0.39 is 7.14 Å². The first-order chi connectivity index (χ1) is 16.5. The van der Waals surface area contributed by atoms with Gasteiger partial charge in [0.1, 0.15) is 18.7 Å². The zero-order valence-corrected chi connectivity index (χ0v) is 22.5. The normalized spacial score (nSPS) is 11.4. The third kappa shape index (κ3) is 6.65. The minimum absolute atomic E-state index is 0.387. The van der Waals surface area contributed by atoms with E-state index in [0.717, 1.165) is 35.3 Å². The van der Waals surface area contributed by atoms with E-state index >= 15 is 0 Å². The van der Waals surface area contributed by atoms with Gasteiger partial charge in [-0.25, -0.2) is 4.98 Å². The average Bonchev–Trinajstić information content (AvgIpc) is 2.79. The Hall–Kier alpha value is -3.29. The minimum Gasteiger partial charge on any atom is -0.494 e. The van der Waals surface area contributed by atoms with E-state index in [1.807, 2.05) is 64.5 Å². The minimum atomic E-state index is -2.47. The molecule has 0 spiro atoms. The number of aryl methyl sites for hydroxylation is 1. The van der Waals surface area contributed by atoms with Gasteiger partial charge >= 0.3 is 0 Å². The van der Waals surface area contributed by atoms with Gasteiger partial charge in [-0.15, -0.1) is 0 Å². The molecule has 10 heteroatoms. The van der Waals surface area contributed by atoms with Gasteiger partial charge in [0.2, 0.25) is 5.95 Å². The highest BCUT2D eigenvalue weighted by molar-refractivity contribution is 7.70. The summed E-state index contributed by atoms with van der Waals surface area (Å²) in [7, 11) is 5.23. The predicted molar refractivity (Wildman–Crippen MR) is 148 cm³/mol. The lowest BCUT2D eigenvalue weighted by molar-refractivity contribution is 0.413. The van der Waals surface area contributed by atoms with Gasteiger partial charge in [-0.3, -0.25) is 0 Å². The third-order valence-electron chi connectivity index (χ3n) is 5.60. The maximum atomic E-state index is 12.8. The fourth-order valence-corrected chi connectivity index (χ4v) is 4.73. The number of rotatable bonds is 10. The van der Waals surface area contributed by atoms with Gasteiger partial charge < -0.3 is 35.5 Å². The number of hydrogen-bond donors (Lipinski definition) is 3. The number of likely N-dealkylation sites (N-methyl/N-ethyl adjacent to an activating group) is 2. The fourth-order valence-electron chi connectivity index (χ4n) is 3.58. The van der Waals surface area contributed by atoms with Crippen molar-refractivity contribution in [3.63, 3.8) is 0 Å². The van der Waals surface area contributed by atoms with E-state index in [1.54, 1.807) is 26.6 Å². The van der Waals surface area contributed by atoms with Crippen LogP contribution in [-0.4, -0.2) is 69.5 Å². The van der Waals surface area contributed by atoms with Gasteiger partial charge in [-0.05, 0) is 52.5 Å². The summed E-state index contributed by atoms with van der Waals surface area (Å²) in [6.45, 7) is 7.16. The quantitative estimate of drug-likeness (QED) is 0.282. The number of nitrogens with two attached hydrogens (primary N) is 1. The van der Waals surface area contributed by atoms with Crippen LogP contribution in [0.5, 0.6) is 5.75 Å². The monoisotopic (exact) mass is 497 g/mol. The first kappa shape index (κ1) is 26.3. The first-order valence-corrected chi connectivity index (χ1v) is 14.0. The zero-order chi connectivity index (χ0) is 25.8. The number of benzene rings is 2. The van der Waals surface area contributed by atoms with Crippen LogP contribution in [0.15, 0.2) is 42.6 Å². The Bertz CT molecular complexity index is 1230. The van der Waals surface area contributed by atoms with Crippen LogP contribution in [0.3, 0.4) is 0 Å². The number of nitrogen functional groups attached to an aromatic ring is 1. The molecule has 0 radical (unpaired) electrons. The van der Waals surface area contributed by atoms with Gasteiger partial charge in [0.25, 0.3) is 0 Å². The van der Waals surface area contributed by atoms with Crippen LogP contribution in [0.25, 0.3) is 0 Å². The zero-order valence-electron chi connectivity index (χ0n) is 21.6. The molecule has 0 unspecified atom stereocenters. The second kappa shape index (κ2) is 11.0. The van der Waals surface area contributed by atoms with Gasteiger partial charge in [0, 0.05) is 43.3 Å². The number of aromatic nitrogens is 2. The van der Waals surface area contributed by atoms with Crippen LogP contribution in [-0.2, 0) is 4.57 Å². The van der Waals surface area contributed by atoms with Crippen molar-refractivity contribution in [2.75, 3.05) is 75.9 Å². The van der Waals surface area contributed by atoms with E-state index in [2.05, 4.69) is 30.4 Å². The summed E-state index contributed by atoms with van der Waals surface area (Å²) < 4.78 is 18.4.